The van der Waals surface area contributed by atoms with Crippen LogP contribution in [-0.2, 0) is 6.54 Å². The van der Waals surface area contributed by atoms with Crippen molar-refractivity contribution in [2.45, 2.75) is 13.5 Å². The number of benzene rings is 1. The Hall–Kier alpha value is -0.930. The minimum absolute atomic E-state index is 0.135. The molecule has 0 unspecified atom stereocenters. The molecule has 0 spiro atoms. The first-order valence-corrected chi connectivity index (χ1v) is 4.84. The smallest absolute Gasteiger partial charge is 0.126 e. The molecule has 0 aliphatic heterocycles. The molecule has 0 aliphatic rings. The quantitative estimate of drug-likeness (QED) is 0.696. The van der Waals surface area contributed by atoms with E-state index in [-0.39, 0.29) is 5.82 Å². The van der Waals surface area contributed by atoms with Crippen LogP contribution in [0.2, 0.25) is 0 Å². The lowest BCUT2D eigenvalue weighted by Crippen LogP contribution is -2.24. The van der Waals surface area contributed by atoms with E-state index < -0.39 is 0 Å². The number of aryl methyl sites for hydroxylation is 1. The van der Waals surface area contributed by atoms with Gasteiger partial charge in [-0.3, -0.25) is 0 Å². The molecule has 0 saturated heterocycles. The summed E-state index contributed by atoms with van der Waals surface area (Å²) in [5.74, 6) is -0.135. The second-order valence-electron chi connectivity index (χ2n) is 3.36. The van der Waals surface area contributed by atoms with Gasteiger partial charge in [-0.15, -0.1) is 0 Å². The highest BCUT2D eigenvalue weighted by molar-refractivity contribution is 5.23. The molecule has 0 radical (unpaired) electrons. The minimum atomic E-state index is -0.135. The summed E-state index contributed by atoms with van der Waals surface area (Å²) in [6.07, 6.45) is 0. The first-order chi connectivity index (χ1) is 6.74. The van der Waals surface area contributed by atoms with Gasteiger partial charge in [-0.2, -0.15) is 0 Å². The number of hydrogen-bond donors (Lipinski definition) is 2. The van der Waals surface area contributed by atoms with Crippen molar-refractivity contribution < 1.29 is 4.39 Å². The molecule has 0 heterocycles. The molecule has 14 heavy (non-hydrogen) atoms. The Morgan fingerprint density at radius 2 is 2.07 bits per heavy atom. The maximum absolute atomic E-state index is 12.9. The van der Waals surface area contributed by atoms with Crippen LogP contribution in [0.25, 0.3) is 0 Å². The highest BCUT2D eigenvalue weighted by atomic mass is 19.1. The van der Waals surface area contributed by atoms with Crippen molar-refractivity contribution in [1.82, 2.24) is 10.6 Å². The lowest BCUT2D eigenvalue weighted by atomic mass is 10.1. The molecule has 1 aromatic carbocycles. The summed E-state index contributed by atoms with van der Waals surface area (Å²) in [7, 11) is 1.92. The monoisotopic (exact) mass is 196 g/mol. The first kappa shape index (κ1) is 11.1. The average molecular weight is 196 g/mol. The summed E-state index contributed by atoms with van der Waals surface area (Å²) in [5, 5.41) is 6.32. The Morgan fingerprint density at radius 1 is 1.29 bits per heavy atom. The van der Waals surface area contributed by atoms with Crippen molar-refractivity contribution in [3.63, 3.8) is 0 Å². The van der Waals surface area contributed by atoms with E-state index in [9.17, 15) is 4.39 Å². The summed E-state index contributed by atoms with van der Waals surface area (Å²) in [5.41, 5.74) is 1.83. The van der Waals surface area contributed by atoms with Gasteiger partial charge in [0.15, 0.2) is 0 Å². The number of hydrogen-bond acceptors (Lipinski definition) is 2. The SMILES string of the molecule is CNCCNCc1ccc(F)c(C)c1. The van der Waals surface area contributed by atoms with Crippen molar-refractivity contribution in [3.8, 4) is 0 Å². The maximum atomic E-state index is 12.9. The van der Waals surface area contributed by atoms with Crippen molar-refractivity contribution in [3.05, 3.63) is 35.1 Å². The van der Waals surface area contributed by atoms with Crippen LogP contribution in [0.15, 0.2) is 18.2 Å². The van der Waals surface area contributed by atoms with E-state index in [0.717, 1.165) is 25.2 Å². The van der Waals surface area contributed by atoms with Gasteiger partial charge in [-0.1, -0.05) is 12.1 Å². The van der Waals surface area contributed by atoms with Crippen molar-refractivity contribution in [2.75, 3.05) is 20.1 Å². The van der Waals surface area contributed by atoms with Crippen LogP contribution in [0.3, 0.4) is 0 Å². The zero-order valence-corrected chi connectivity index (χ0v) is 8.73. The van der Waals surface area contributed by atoms with E-state index in [1.165, 1.54) is 6.07 Å². The molecule has 0 fully saturated rings. The van der Waals surface area contributed by atoms with Gasteiger partial charge in [0.2, 0.25) is 0 Å². The minimum Gasteiger partial charge on any atom is -0.318 e. The van der Waals surface area contributed by atoms with Crippen LogP contribution in [0.4, 0.5) is 4.39 Å². The zero-order chi connectivity index (χ0) is 10.4. The number of nitrogens with one attached hydrogen (secondary N) is 2. The predicted octanol–water partition coefficient (Wildman–Crippen LogP) is 1.44. The molecule has 0 aliphatic carbocycles. The topological polar surface area (TPSA) is 24.1 Å². The molecular formula is C11H17FN2. The summed E-state index contributed by atoms with van der Waals surface area (Å²) in [6, 6.07) is 5.21. The molecule has 78 valence electrons. The predicted molar refractivity (Wildman–Crippen MR) is 56.8 cm³/mol. The van der Waals surface area contributed by atoms with Crippen molar-refractivity contribution in [1.29, 1.82) is 0 Å². The third-order valence-corrected chi connectivity index (χ3v) is 2.10. The normalized spacial score (nSPS) is 10.5. The molecule has 0 aromatic heterocycles. The Bertz CT molecular complexity index is 287. The lowest BCUT2D eigenvalue weighted by molar-refractivity contribution is 0.614. The van der Waals surface area contributed by atoms with Crippen LogP contribution in [-0.4, -0.2) is 20.1 Å². The van der Waals surface area contributed by atoms with Crippen molar-refractivity contribution >= 4 is 0 Å². The third-order valence-electron chi connectivity index (χ3n) is 2.10. The summed E-state index contributed by atoms with van der Waals surface area (Å²) in [4.78, 5) is 0. The maximum Gasteiger partial charge on any atom is 0.126 e. The van der Waals surface area contributed by atoms with Gasteiger partial charge in [0.25, 0.3) is 0 Å². The highest BCUT2D eigenvalue weighted by Crippen LogP contribution is 2.08. The molecule has 2 nitrogen and oxygen atoms in total. The summed E-state index contributed by atoms with van der Waals surface area (Å²) in [6.45, 7) is 4.45. The standard InChI is InChI=1S/C11H17FN2/c1-9-7-10(3-4-11(9)12)8-14-6-5-13-2/h3-4,7,13-14H,5-6,8H2,1-2H3. The van der Waals surface area contributed by atoms with Gasteiger partial charge in [-0.05, 0) is 31.2 Å². The van der Waals surface area contributed by atoms with Gasteiger partial charge in [-0.25, -0.2) is 4.39 Å². The lowest BCUT2D eigenvalue weighted by Gasteiger charge is -2.05. The molecule has 0 saturated carbocycles. The fourth-order valence-electron chi connectivity index (χ4n) is 1.26. The van der Waals surface area contributed by atoms with Gasteiger partial charge >= 0.3 is 0 Å². The van der Waals surface area contributed by atoms with Gasteiger partial charge in [0.05, 0.1) is 0 Å². The van der Waals surface area contributed by atoms with Gasteiger partial charge in [0.1, 0.15) is 5.82 Å². The Balaban J connectivity index is 2.39. The Labute approximate surface area is 84.5 Å². The fraction of sp³-hybridized carbons (Fsp3) is 0.455. The largest absolute Gasteiger partial charge is 0.318 e. The van der Waals surface area contributed by atoms with Crippen LogP contribution < -0.4 is 10.6 Å². The van der Waals surface area contributed by atoms with Crippen LogP contribution in [0.1, 0.15) is 11.1 Å². The first-order valence-electron chi connectivity index (χ1n) is 4.84. The molecule has 0 atom stereocenters. The highest BCUT2D eigenvalue weighted by Gasteiger charge is 1.97. The fourth-order valence-corrected chi connectivity index (χ4v) is 1.26. The average Bonchev–Trinajstić information content (AvgIpc) is 2.18. The van der Waals surface area contributed by atoms with Crippen LogP contribution in [0, 0.1) is 12.7 Å². The second kappa shape index (κ2) is 5.73. The molecule has 3 heteroatoms. The molecular weight excluding hydrogens is 179 g/mol. The Kier molecular flexibility index (Phi) is 4.56. The van der Waals surface area contributed by atoms with E-state index in [2.05, 4.69) is 10.6 Å². The van der Waals surface area contributed by atoms with E-state index in [1.54, 1.807) is 6.92 Å². The van der Waals surface area contributed by atoms with Gasteiger partial charge in [0, 0.05) is 19.6 Å². The molecule has 2 N–H and O–H groups in total. The van der Waals surface area contributed by atoms with E-state index in [4.69, 9.17) is 0 Å². The second-order valence-corrected chi connectivity index (χ2v) is 3.36. The molecule has 0 bridgehead atoms. The third kappa shape index (κ3) is 3.44. The van der Waals surface area contributed by atoms with Crippen molar-refractivity contribution in [2.24, 2.45) is 0 Å². The van der Waals surface area contributed by atoms with E-state index >= 15 is 0 Å². The summed E-state index contributed by atoms with van der Waals surface area (Å²) < 4.78 is 12.9. The van der Waals surface area contributed by atoms with E-state index in [1.807, 2.05) is 19.2 Å². The molecule has 0 amide bonds. The van der Waals surface area contributed by atoms with Gasteiger partial charge < -0.3 is 10.6 Å². The zero-order valence-electron chi connectivity index (χ0n) is 8.73. The molecule has 1 rings (SSSR count). The van der Waals surface area contributed by atoms with Crippen LogP contribution in [0.5, 0.6) is 0 Å². The number of rotatable bonds is 5. The molecule has 1 aromatic rings. The number of likely N-dealkylation sites (N-methyl/N-ethyl adjacent to an activating group) is 1. The summed E-state index contributed by atoms with van der Waals surface area (Å²) >= 11 is 0. The van der Waals surface area contributed by atoms with E-state index in [0.29, 0.717) is 5.56 Å². The van der Waals surface area contributed by atoms with Crippen LogP contribution >= 0.6 is 0 Å². The number of halogens is 1. The Morgan fingerprint density at radius 3 is 2.71 bits per heavy atom.